The molecule has 5 heteroatoms. The van der Waals surface area contributed by atoms with Crippen molar-refractivity contribution in [3.05, 3.63) is 23.8 Å². The number of ether oxygens (including phenoxy) is 2. The van der Waals surface area contributed by atoms with E-state index in [0.29, 0.717) is 23.4 Å². The molecule has 1 fully saturated rings. The number of hydrogen-bond donors (Lipinski definition) is 2. The van der Waals surface area contributed by atoms with Crippen molar-refractivity contribution >= 4 is 17.3 Å². The van der Waals surface area contributed by atoms with Gasteiger partial charge in [0.25, 0.3) is 0 Å². The topological polar surface area (TPSA) is 73.6 Å². The molecule has 5 nitrogen and oxygen atoms in total. The smallest absolute Gasteiger partial charge is 0.337 e. The molecule has 0 unspecified atom stereocenters. The Balaban J connectivity index is 2.00. The maximum atomic E-state index is 11.3. The molecule has 18 heavy (non-hydrogen) atoms. The van der Waals surface area contributed by atoms with E-state index in [9.17, 15) is 4.79 Å². The summed E-state index contributed by atoms with van der Waals surface area (Å²) in [5, 5.41) is 3.34. The first-order valence-electron chi connectivity index (χ1n) is 5.91. The van der Waals surface area contributed by atoms with Crippen LogP contribution < -0.4 is 11.1 Å². The molecule has 0 aromatic heterocycles. The summed E-state index contributed by atoms with van der Waals surface area (Å²) in [5.74, 6) is -0.378. The molecule has 1 aliphatic rings. The molecule has 0 heterocycles. The van der Waals surface area contributed by atoms with Gasteiger partial charge in [-0.05, 0) is 31.0 Å². The van der Waals surface area contributed by atoms with Gasteiger partial charge in [-0.25, -0.2) is 4.79 Å². The molecule has 0 spiro atoms. The Morgan fingerprint density at radius 1 is 1.39 bits per heavy atom. The minimum absolute atomic E-state index is 0.345. The van der Waals surface area contributed by atoms with Gasteiger partial charge in [0.2, 0.25) is 0 Å². The highest BCUT2D eigenvalue weighted by atomic mass is 16.5. The van der Waals surface area contributed by atoms with E-state index in [1.165, 1.54) is 7.11 Å². The highest BCUT2D eigenvalue weighted by Gasteiger charge is 2.29. The van der Waals surface area contributed by atoms with E-state index < -0.39 is 0 Å². The van der Waals surface area contributed by atoms with Crippen molar-refractivity contribution in [2.75, 3.05) is 25.3 Å². The molecule has 0 saturated heterocycles. The standard InChI is InChI=1S/C13H18N2O3/c1-17-10-6-9(7-10)15-12-4-3-8(5-11(12)14)13(16)18-2/h3-5,9-10,15H,6-7,14H2,1-2H3. The number of esters is 1. The summed E-state index contributed by atoms with van der Waals surface area (Å²) in [7, 11) is 3.07. The monoisotopic (exact) mass is 250 g/mol. The van der Waals surface area contributed by atoms with Crippen LogP contribution in [0.4, 0.5) is 11.4 Å². The Morgan fingerprint density at radius 2 is 2.11 bits per heavy atom. The predicted octanol–water partition coefficient (Wildman–Crippen LogP) is 1.64. The molecule has 2 rings (SSSR count). The van der Waals surface area contributed by atoms with Gasteiger partial charge in [-0.3, -0.25) is 0 Å². The summed E-state index contributed by atoms with van der Waals surface area (Å²) < 4.78 is 9.86. The molecule has 0 bridgehead atoms. The van der Waals surface area contributed by atoms with Crippen LogP contribution in [0, 0.1) is 0 Å². The van der Waals surface area contributed by atoms with Gasteiger partial charge >= 0.3 is 5.97 Å². The van der Waals surface area contributed by atoms with Gasteiger partial charge in [-0.15, -0.1) is 0 Å². The Morgan fingerprint density at radius 3 is 2.67 bits per heavy atom. The Labute approximate surface area is 106 Å². The first kappa shape index (κ1) is 12.7. The largest absolute Gasteiger partial charge is 0.465 e. The number of nitrogens with two attached hydrogens (primary N) is 1. The minimum atomic E-state index is -0.378. The van der Waals surface area contributed by atoms with Crippen LogP contribution in [0.1, 0.15) is 23.2 Å². The van der Waals surface area contributed by atoms with Crippen LogP contribution in [-0.4, -0.2) is 32.3 Å². The fourth-order valence-corrected chi connectivity index (χ4v) is 2.03. The van der Waals surface area contributed by atoms with Crippen LogP contribution in [-0.2, 0) is 9.47 Å². The second-order valence-electron chi connectivity index (χ2n) is 4.46. The first-order chi connectivity index (χ1) is 8.63. The van der Waals surface area contributed by atoms with Crippen LogP contribution in [0.3, 0.4) is 0 Å². The zero-order valence-electron chi connectivity index (χ0n) is 10.6. The number of carbonyl (C=O) groups excluding carboxylic acids is 1. The lowest BCUT2D eigenvalue weighted by Crippen LogP contribution is -2.40. The summed E-state index contributed by atoms with van der Waals surface area (Å²) in [6.07, 6.45) is 2.31. The van der Waals surface area contributed by atoms with Gasteiger partial charge in [0.05, 0.1) is 30.2 Å². The molecular weight excluding hydrogens is 232 g/mol. The SMILES string of the molecule is COC(=O)c1ccc(NC2CC(OC)C2)c(N)c1. The fraction of sp³-hybridized carbons (Fsp3) is 0.462. The van der Waals surface area contributed by atoms with E-state index in [1.807, 2.05) is 6.07 Å². The van der Waals surface area contributed by atoms with Crippen molar-refractivity contribution in [3.8, 4) is 0 Å². The molecular formula is C13H18N2O3. The number of anilines is 2. The van der Waals surface area contributed by atoms with Crippen molar-refractivity contribution in [1.29, 1.82) is 0 Å². The van der Waals surface area contributed by atoms with E-state index >= 15 is 0 Å². The van der Waals surface area contributed by atoms with Crippen molar-refractivity contribution in [3.63, 3.8) is 0 Å². The van der Waals surface area contributed by atoms with Crippen LogP contribution in [0.5, 0.6) is 0 Å². The van der Waals surface area contributed by atoms with Crippen LogP contribution >= 0.6 is 0 Å². The highest BCUT2D eigenvalue weighted by molar-refractivity contribution is 5.91. The van der Waals surface area contributed by atoms with E-state index in [2.05, 4.69) is 10.1 Å². The summed E-state index contributed by atoms with van der Waals surface area (Å²) in [4.78, 5) is 11.3. The third-order valence-corrected chi connectivity index (χ3v) is 3.26. The number of benzene rings is 1. The first-order valence-corrected chi connectivity index (χ1v) is 5.91. The molecule has 0 atom stereocenters. The number of carbonyl (C=O) groups is 1. The summed E-state index contributed by atoms with van der Waals surface area (Å²) in [6.45, 7) is 0. The van der Waals surface area contributed by atoms with E-state index in [-0.39, 0.29) is 5.97 Å². The zero-order chi connectivity index (χ0) is 13.1. The molecule has 1 aromatic rings. The lowest BCUT2D eigenvalue weighted by atomic mass is 9.89. The normalized spacial score (nSPS) is 22.1. The summed E-state index contributed by atoms with van der Waals surface area (Å²) in [6, 6.07) is 5.53. The minimum Gasteiger partial charge on any atom is -0.465 e. The molecule has 0 amide bonds. The predicted molar refractivity (Wildman–Crippen MR) is 69.6 cm³/mol. The third kappa shape index (κ3) is 2.56. The summed E-state index contributed by atoms with van der Waals surface area (Å²) >= 11 is 0. The van der Waals surface area contributed by atoms with E-state index in [0.717, 1.165) is 18.5 Å². The van der Waals surface area contributed by atoms with Crippen LogP contribution in [0.2, 0.25) is 0 Å². The van der Waals surface area contributed by atoms with Crippen molar-refractivity contribution in [1.82, 2.24) is 0 Å². The van der Waals surface area contributed by atoms with Crippen LogP contribution in [0.15, 0.2) is 18.2 Å². The lowest BCUT2D eigenvalue weighted by Gasteiger charge is -2.35. The maximum Gasteiger partial charge on any atom is 0.337 e. The third-order valence-electron chi connectivity index (χ3n) is 3.26. The van der Waals surface area contributed by atoms with Gasteiger partial charge < -0.3 is 20.5 Å². The van der Waals surface area contributed by atoms with E-state index in [4.69, 9.17) is 10.5 Å². The van der Waals surface area contributed by atoms with Crippen molar-refractivity contribution in [2.24, 2.45) is 0 Å². The highest BCUT2D eigenvalue weighted by Crippen LogP contribution is 2.29. The molecule has 1 saturated carbocycles. The quantitative estimate of drug-likeness (QED) is 0.628. The molecule has 1 aliphatic carbocycles. The molecule has 0 radical (unpaired) electrons. The Kier molecular flexibility index (Phi) is 3.72. The Hall–Kier alpha value is -1.75. The number of methoxy groups -OCH3 is 2. The van der Waals surface area contributed by atoms with Gasteiger partial charge in [0.1, 0.15) is 0 Å². The van der Waals surface area contributed by atoms with Gasteiger partial charge in [0.15, 0.2) is 0 Å². The fourth-order valence-electron chi connectivity index (χ4n) is 2.03. The van der Waals surface area contributed by atoms with Crippen LogP contribution in [0.25, 0.3) is 0 Å². The molecule has 0 aliphatic heterocycles. The number of rotatable bonds is 4. The lowest BCUT2D eigenvalue weighted by molar-refractivity contribution is 0.0329. The van der Waals surface area contributed by atoms with Gasteiger partial charge in [-0.1, -0.05) is 0 Å². The number of hydrogen-bond acceptors (Lipinski definition) is 5. The second kappa shape index (κ2) is 5.27. The number of nitrogens with one attached hydrogen (secondary N) is 1. The van der Waals surface area contributed by atoms with Crippen molar-refractivity contribution in [2.45, 2.75) is 25.0 Å². The second-order valence-corrected chi connectivity index (χ2v) is 4.46. The molecule has 1 aromatic carbocycles. The van der Waals surface area contributed by atoms with Gasteiger partial charge in [0, 0.05) is 13.2 Å². The molecule has 3 N–H and O–H groups in total. The maximum absolute atomic E-state index is 11.3. The Bertz CT molecular complexity index is 442. The van der Waals surface area contributed by atoms with Crippen molar-refractivity contribution < 1.29 is 14.3 Å². The van der Waals surface area contributed by atoms with Gasteiger partial charge in [-0.2, -0.15) is 0 Å². The molecule has 98 valence electrons. The van der Waals surface area contributed by atoms with E-state index in [1.54, 1.807) is 19.2 Å². The number of nitrogen functional groups attached to an aromatic ring is 1. The zero-order valence-corrected chi connectivity index (χ0v) is 10.6. The average molecular weight is 250 g/mol. The average Bonchev–Trinajstić information content (AvgIpc) is 2.33. The summed E-state index contributed by atoms with van der Waals surface area (Å²) in [5.41, 5.74) is 7.77.